The number of likely N-dealkylation sites (tertiary alicyclic amines) is 1. The Balaban J connectivity index is 1.32. The van der Waals surface area contributed by atoms with E-state index in [2.05, 4.69) is 29.8 Å². The summed E-state index contributed by atoms with van der Waals surface area (Å²) in [6, 6.07) is 13.2. The van der Waals surface area contributed by atoms with E-state index in [4.69, 9.17) is 4.74 Å². The van der Waals surface area contributed by atoms with Crippen molar-refractivity contribution in [1.82, 2.24) is 14.8 Å². The lowest BCUT2D eigenvalue weighted by atomic mass is 9.97. The number of pyridine rings is 1. The van der Waals surface area contributed by atoms with Crippen LogP contribution in [0, 0.1) is 11.3 Å². The molecule has 0 spiro atoms. The summed E-state index contributed by atoms with van der Waals surface area (Å²) in [7, 11) is 0. The van der Waals surface area contributed by atoms with Gasteiger partial charge in [-0.2, -0.15) is 5.26 Å². The van der Waals surface area contributed by atoms with Crippen molar-refractivity contribution in [3.05, 3.63) is 53.7 Å². The van der Waals surface area contributed by atoms with Gasteiger partial charge in [0.05, 0.1) is 5.56 Å². The number of nitriles is 1. The Hall–Kier alpha value is -3.60. The van der Waals surface area contributed by atoms with Crippen LogP contribution < -0.4 is 9.64 Å². The van der Waals surface area contributed by atoms with Crippen LogP contribution >= 0.6 is 0 Å². The average Bonchev–Trinajstić information content (AvgIpc) is 3.13. The normalized spacial score (nSPS) is 20.7. The first-order valence-electron chi connectivity index (χ1n) is 12.4. The zero-order chi connectivity index (χ0) is 24.8. The minimum Gasteiger partial charge on any atom is -0.484 e. The molecule has 0 saturated carbocycles. The molecule has 2 amide bonds. The van der Waals surface area contributed by atoms with E-state index < -0.39 is 0 Å². The fourth-order valence-electron chi connectivity index (χ4n) is 5.08. The lowest BCUT2D eigenvalue weighted by molar-refractivity contribution is -0.139. The SMILES string of the molecule is CC1CCCC(C)N1C(=O)COc1ccc(C(=O)N2CCCN(c3ncccc3C#N)CC2)cc1. The summed E-state index contributed by atoms with van der Waals surface area (Å²) in [6.07, 6.45) is 5.70. The Morgan fingerprint density at radius 2 is 1.77 bits per heavy atom. The van der Waals surface area contributed by atoms with E-state index in [0.29, 0.717) is 42.3 Å². The Morgan fingerprint density at radius 3 is 2.49 bits per heavy atom. The third kappa shape index (κ3) is 5.73. The Kier molecular flexibility index (Phi) is 7.86. The van der Waals surface area contributed by atoms with Crippen LogP contribution in [0.25, 0.3) is 0 Å². The molecule has 1 aromatic heterocycles. The summed E-state index contributed by atoms with van der Waals surface area (Å²) in [6.45, 7) is 6.74. The van der Waals surface area contributed by atoms with Crippen LogP contribution in [0.15, 0.2) is 42.6 Å². The maximum Gasteiger partial charge on any atom is 0.260 e. The molecular weight excluding hydrogens is 442 g/mol. The molecule has 2 aliphatic rings. The molecule has 2 aromatic rings. The zero-order valence-electron chi connectivity index (χ0n) is 20.5. The van der Waals surface area contributed by atoms with E-state index >= 15 is 0 Å². The predicted molar refractivity (Wildman–Crippen MR) is 133 cm³/mol. The Labute approximate surface area is 207 Å². The van der Waals surface area contributed by atoms with Gasteiger partial charge in [-0.1, -0.05) is 0 Å². The lowest BCUT2D eigenvalue weighted by Crippen LogP contribution is -2.49. The summed E-state index contributed by atoms with van der Waals surface area (Å²) in [4.78, 5) is 36.0. The molecule has 2 unspecified atom stereocenters. The first kappa shape index (κ1) is 24.5. The van der Waals surface area contributed by atoms with Gasteiger partial charge in [0.25, 0.3) is 11.8 Å². The van der Waals surface area contributed by atoms with Gasteiger partial charge >= 0.3 is 0 Å². The summed E-state index contributed by atoms with van der Waals surface area (Å²) in [5.41, 5.74) is 1.14. The smallest absolute Gasteiger partial charge is 0.260 e. The van der Waals surface area contributed by atoms with Crippen molar-refractivity contribution < 1.29 is 14.3 Å². The molecule has 8 nitrogen and oxygen atoms in total. The number of ether oxygens (including phenoxy) is 1. The maximum absolute atomic E-state index is 13.1. The monoisotopic (exact) mass is 475 g/mol. The number of piperidine rings is 1. The van der Waals surface area contributed by atoms with Crippen LogP contribution in [0.4, 0.5) is 5.82 Å². The van der Waals surface area contributed by atoms with E-state index in [0.717, 1.165) is 32.2 Å². The highest BCUT2D eigenvalue weighted by atomic mass is 16.5. The molecule has 0 N–H and O–H groups in total. The number of carbonyl (C=O) groups is 2. The molecule has 3 heterocycles. The van der Waals surface area contributed by atoms with E-state index in [1.165, 1.54) is 0 Å². The number of benzene rings is 1. The van der Waals surface area contributed by atoms with Crippen LogP contribution in [0.3, 0.4) is 0 Å². The van der Waals surface area contributed by atoms with Crippen molar-refractivity contribution in [3.63, 3.8) is 0 Å². The van der Waals surface area contributed by atoms with Gasteiger partial charge in [-0.15, -0.1) is 0 Å². The largest absolute Gasteiger partial charge is 0.484 e. The second-order valence-electron chi connectivity index (χ2n) is 9.36. The van der Waals surface area contributed by atoms with Gasteiger partial charge in [0.1, 0.15) is 17.6 Å². The average molecular weight is 476 g/mol. The number of hydrogen-bond donors (Lipinski definition) is 0. The highest BCUT2D eigenvalue weighted by Gasteiger charge is 2.29. The lowest BCUT2D eigenvalue weighted by Gasteiger charge is -2.38. The second-order valence-corrected chi connectivity index (χ2v) is 9.36. The molecule has 35 heavy (non-hydrogen) atoms. The van der Waals surface area contributed by atoms with Gasteiger partial charge < -0.3 is 19.4 Å². The Bertz CT molecular complexity index is 1070. The Morgan fingerprint density at radius 1 is 1.03 bits per heavy atom. The van der Waals surface area contributed by atoms with Crippen LogP contribution in [-0.4, -0.2) is 71.5 Å². The van der Waals surface area contributed by atoms with E-state index in [1.54, 1.807) is 42.6 Å². The van der Waals surface area contributed by atoms with Gasteiger partial charge in [-0.05, 0) is 75.9 Å². The second kappa shape index (κ2) is 11.2. The molecule has 184 valence electrons. The number of rotatable bonds is 5. The maximum atomic E-state index is 13.1. The minimum atomic E-state index is -0.0352. The van der Waals surface area contributed by atoms with Gasteiger partial charge in [0, 0.05) is 50.0 Å². The van der Waals surface area contributed by atoms with E-state index in [1.807, 2.05) is 9.80 Å². The third-order valence-corrected chi connectivity index (χ3v) is 6.93. The molecule has 8 heteroatoms. The molecule has 4 rings (SSSR count). The van der Waals surface area contributed by atoms with Gasteiger partial charge in [-0.25, -0.2) is 4.98 Å². The standard InChI is InChI=1S/C27H33N5O3/c1-20-6-3-7-21(2)32(20)25(33)19-35-24-11-9-22(10-12-24)27(34)31-15-5-14-30(16-17-31)26-23(18-28)8-4-13-29-26/h4,8-13,20-21H,3,5-7,14-17,19H2,1-2H3. The topological polar surface area (TPSA) is 89.8 Å². The third-order valence-electron chi connectivity index (χ3n) is 6.93. The number of amides is 2. The van der Waals surface area contributed by atoms with Crippen LogP contribution in [0.5, 0.6) is 5.75 Å². The van der Waals surface area contributed by atoms with Gasteiger partial charge in [0.15, 0.2) is 6.61 Å². The number of nitrogens with zero attached hydrogens (tertiary/aromatic N) is 5. The first-order valence-corrected chi connectivity index (χ1v) is 12.4. The fraction of sp³-hybridized carbons (Fsp3) is 0.481. The van der Waals surface area contributed by atoms with Crippen molar-refractivity contribution in [2.45, 2.75) is 51.6 Å². The van der Waals surface area contributed by atoms with Gasteiger partial charge in [0.2, 0.25) is 0 Å². The summed E-state index contributed by atoms with van der Waals surface area (Å²) in [5, 5.41) is 9.38. The number of hydrogen-bond acceptors (Lipinski definition) is 6. The number of anilines is 1. The molecule has 2 saturated heterocycles. The van der Waals surface area contributed by atoms with Crippen LogP contribution in [0.2, 0.25) is 0 Å². The molecule has 0 aliphatic carbocycles. The molecular formula is C27H33N5O3. The van der Waals surface area contributed by atoms with Crippen molar-refractivity contribution in [1.29, 1.82) is 5.26 Å². The predicted octanol–water partition coefficient (Wildman–Crippen LogP) is 3.47. The van der Waals surface area contributed by atoms with Crippen LogP contribution in [-0.2, 0) is 4.79 Å². The zero-order valence-corrected chi connectivity index (χ0v) is 20.5. The summed E-state index contributed by atoms with van der Waals surface area (Å²) < 4.78 is 5.75. The van der Waals surface area contributed by atoms with E-state index in [-0.39, 0.29) is 30.5 Å². The first-order chi connectivity index (χ1) is 17.0. The molecule has 2 fully saturated rings. The highest BCUT2D eigenvalue weighted by Crippen LogP contribution is 2.23. The quantitative estimate of drug-likeness (QED) is 0.658. The van der Waals surface area contributed by atoms with Crippen molar-refractivity contribution >= 4 is 17.6 Å². The van der Waals surface area contributed by atoms with E-state index in [9.17, 15) is 14.9 Å². The molecule has 0 radical (unpaired) electrons. The van der Waals surface area contributed by atoms with Crippen molar-refractivity contribution in [3.8, 4) is 11.8 Å². The summed E-state index contributed by atoms with van der Waals surface area (Å²) >= 11 is 0. The van der Waals surface area contributed by atoms with Crippen molar-refractivity contribution in [2.24, 2.45) is 0 Å². The molecule has 2 atom stereocenters. The van der Waals surface area contributed by atoms with Crippen molar-refractivity contribution in [2.75, 3.05) is 37.7 Å². The molecule has 1 aromatic carbocycles. The van der Waals surface area contributed by atoms with Crippen LogP contribution in [0.1, 0.15) is 55.5 Å². The van der Waals surface area contributed by atoms with Gasteiger partial charge in [-0.3, -0.25) is 9.59 Å². The highest BCUT2D eigenvalue weighted by molar-refractivity contribution is 5.94. The molecule has 0 bridgehead atoms. The summed E-state index contributed by atoms with van der Waals surface area (Å²) in [5.74, 6) is 1.22. The molecule has 2 aliphatic heterocycles. The number of aromatic nitrogens is 1. The fourth-order valence-corrected chi connectivity index (χ4v) is 5.08. The minimum absolute atomic E-state index is 0.00212. The number of carbonyl (C=O) groups excluding carboxylic acids is 2.